The van der Waals surface area contributed by atoms with Crippen LogP contribution in [0.4, 0.5) is 0 Å². The first-order valence-corrected chi connectivity index (χ1v) is 12.1. The molecule has 0 unspecified atom stereocenters. The maximum atomic E-state index is 13.4. The van der Waals surface area contributed by atoms with Crippen LogP contribution >= 0.6 is 0 Å². The summed E-state index contributed by atoms with van der Waals surface area (Å²) in [6.45, 7) is 6.45. The van der Waals surface area contributed by atoms with Gasteiger partial charge in [-0.05, 0) is 62.1 Å². The Bertz CT molecular complexity index is 871. The standard InChI is InChI=1S/C28H37NO2/c1-21-16-22(2)18-26(17-21)25-9-5-8-24(19-25)20-28(11-14-31-15-12-28)27(30)29-13-10-23-6-3-4-7-23/h5,8-9,16-19,23H,3-4,6-7,10-15,20H2,1-2H3,(H,29,30). The Morgan fingerprint density at radius 1 is 1.00 bits per heavy atom. The first-order chi connectivity index (χ1) is 15.0. The molecule has 1 saturated carbocycles. The second-order valence-corrected chi connectivity index (χ2v) is 9.84. The number of carbonyl (C=O) groups is 1. The summed E-state index contributed by atoms with van der Waals surface area (Å²) in [5, 5.41) is 3.31. The van der Waals surface area contributed by atoms with E-state index < -0.39 is 0 Å². The Balaban J connectivity index is 1.48. The number of carbonyl (C=O) groups excluding carboxylic acids is 1. The molecule has 2 aliphatic rings. The normalized spacial score (nSPS) is 18.8. The van der Waals surface area contributed by atoms with Crippen LogP contribution in [0.15, 0.2) is 42.5 Å². The van der Waals surface area contributed by atoms with Crippen LogP contribution in [0.2, 0.25) is 0 Å². The molecular formula is C28H37NO2. The molecule has 1 aliphatic heterocycles. The van der Waals surface area contributed by atoms with E-state index in [1.54, 1.807) is 0 Å². The average molecular weight is 420 g/mol. The minimum absolute atomic E-state index is 0.227. The van der Waals surface area contributed by atoms with Crippen molar-refractivity contribution < 1.29 is 9.53 Å². The Kier molecular flexibility index (Phi) is 7.12. The molecule has 2 aromatic carbocycles. The number of benzene rings is 2. The molecule has 1 N–H and O–H groups in total. The third-order valence-electron chi connectivity index (χ3n) is 7.27. The number of hydrogen-bond acceptors (Lipinski definition) is 2. The van der Waals surface area contributed by atoms with Crippen molar-refractivity contribution in [2.45, 2.75) is 65.2 Å². The molecule has 3 nitrogen and oxygen atoms in total. The third-order valence-corrected chi connectivity index (χ3v) is 7.27. The Morgan fingerprint density at radius 2 is 1.71 bits per heavy atom. The summed E-state index contributed by atoms with van der Waals surface area (Å²) < 4.78 is 5.64. The lowest BCUT2D eigenvalue weighted by Crippen LogP contribution is -2.46. The molecule has 2 fully saturated rings. The van der Waals surface area contributed by atoms with Crippen LogP contribution in [-0.2, 0) is 16.0 Å². The van der Waals surface area contributed by atoms with E-state index in [9.17, 15) is 4.79 Å². The van der Waals surface area contributed by atoms with E-state index in [4.69, 9.17) is 4.74 Å². The van der Waals surface area contributed by atoms with Crippen molar-refractivity contribution in [3.63, 3.8) is 0 Å². The molecule has 2 aromatic rings. The van der Waals surface area contributed by atoms with Crippen LogP contribution in [0.3, 0.4) is 0 Å². The zero-order valence-corrected chi connectivity index (χ0v) is 19.2. The van der Waals surface area contributed by atoms with Crippen LogP contribution in [0.5, 0.6) is 0 Å². The quantitative estimate of drug-likeness (QED) is 0.597. The Labute approximate surface area is 187 Å². The monoisotopic (exact) mass is 419 g/mol. The van der Waals surface area contributed by atoms with E-state index in [-0.39, 0.29) is 11.3 Å². The van der Waals surface area contributed by atoms with Gasteiger partial charge in [0.2, 0.25) is 5.91 Å². The van der Waals surface area contributed by atoms with Gasteiger partial charge in [0.15, 0.2) is 0 Å². The van der Waals surface area contributed by atoms with E-state index in [1.807, 2.05) is 0 Å². The molecule has 0 atom stereocenters. The molecule has 3 heteroatoms. The SMILES string of the molecule is Cc1cc(C)cc(-c2cccc(CC3(C(=O)NCCC4CCCC4)CCOCC3)c2)c1. The molecular weight excluding hydrogens is 382 g/mol. The Hall–Kier alpha value is -2.13. The van der Waals surface area contributed by atoms with Gasteiger partial charge in [0, 0.05) is 19.8 Å². The first-order valence-electron chi connectivity index (χ1n) is 12.1. The summed E-state index contributed by atoms with van der Waals surface area (Å²) >= 11 is 0. The highest BCUT2D eigenvalue weighted by atomic mass is 16.5. The van der Waals surface area contributed by atoms with Crippen molar-refractivity contribution >= 4 is 5.91 Å². The largest absolute Gasteiger partial charge is 0.381 e. The van der Waals surface area contributed by atoms with Gasteiger partial charge in [-0.2, -0.15) is 0 Å². The fourth-order valence-electron chi connectivity index (χ4n) is 5.52. The van der Waals surface area contributed by atoms with Gasteiger partial charge in [0.05, 0.1) is 5.41 Å². The molecule has 0 aromatic heterocycles. The number of rotatable bonds is 7. The molecule has 0 radical (unpaired) electrons. The minimum atomic E-state index is -0.352. The van der Waals surface area contributed by atoms with E-state index >= 15 is 0 Å². The van der Waals surface area contributed by atoms with E-state index in [2.05, 4.69) is 61.6 Å². The number of nitrogens with one attached hydrogen (secondary N) is 1. The second kappa shape index (κ2) is 9.99. The van der Waals surface area contributed by atoms with Gasteiger partial charge >= 0.3 is 0 Å². The lowest BCUT2D eigenvalue weighted by Gasteiger charge is -2.36. The molecule has 0 spiro atoms. The maximum Gasteiger partial charge on any atom is 0.226 e. The molecule has 1 saturated heterocycles. The summed E-state index contributed by atoms with van der Waals surface area (Å²) in [6, 6.07) is 15.5. The summed E-state index contributed by atoms with van der Waals surface area (Å²) in [6.07, 6.45) is 8.89. The van der Waals surface area contributed by atoms with Gasteiger partial charge in [-0.1, -0.05) is 79.3 Å². The van der Waals surface area contributed by atoms with Gasteiger partial charge in [0.25, 0.3) is 0 Å². The molecule has 1 heterocycles. The van der Waals surface area contributed by atoms with E-state index in [0.717, 1.165) is 38.1 Å². The average Bonchev–Trinajstić information content (AvgIpc) is 3.27. The predicted molar refractivity (Wildman–Crippen MR) is 127 cm³/mol. The van der Waals surface area contributed by atoms with Gasteiger partial charge in [-0.3, -0.25) is 4.79 Å². The van der Waals surface area contributed by atoms with Crippen molar-refractivity contribution in [1.29, 1.82) is 0 Å². The minimum Gasteiger partial charge on any atom is -0.381 e. The second-order valence-electron chi connectivity index (χ2n) is 9.84. The van der Waals surface area contributed by atoms with Crippen LogP contribution in [0, 0.1) is 25.2 Å². The van der Waals surface area contributed by atoms with Gasteiger partial charge in [0.1, 0.15) is 0 Å². The van der Waals surface area contributed by atoms with Crippen molar-refractivity contribution in [3.05, 3.63) is 59.2 Å². The zero-order valence-electron chi connectivity index (χ0n) is 19.2. The number of amides is 1. The number of aryl methyl sites for hydroxylation is 2. The topological polar surface area (TPSA) is 38.3 Å². The van der Waals surface area contributed by atoms with Crippen molar-refractivity contribution in [3.8, 4) is 11.1 Å². The van der Waals surface area contributed by atoms with E-state index in [1.165, 1.54) is 53.5 Å². The van der Waals surface area contributed by atoms with Crippen molar-refractivity contribution in [2.75, 3.05) is 19.8 Å². The fourth-order valence-corrected chi connectivity index (χ4v) is 5.52. The molecule has 166 valence electrons. The molecule has 31 heavy (non-hydrogen) atoms. The first kappa shape index (κ1) is 22.1. The lowest BCUT2D eigenvalue weighted by molar-refractivity contribution is -0.136. The summed E-state index contributed by atoms with van der Waals surface area (Å²) in [5.41, 5.74) is 5.93. The predicted octanol–water partition coefficient (Wildman–Crippen LogP) is 6.01. The maximum absolute atomic E-state index is 13.4. The summed E-state index contributed by atoms with van der Waals surface area (Å²) in [7, 11) is 0. The summed E-state index contributed by atoms with van der Waals surface area (Å²) in [4.78, 5) is 13.4. The molecule has 1 aliphatic carbocycles. The fraction of sp³-hybridized carbons (Fsp3) is 0.536. The van der Waals surface area contributed by atoms with Crippen LogP contribution in [0.25, 0.3) is 11.1 Å². The smallest absolute Gasteiger partial charge is 0.226 e. The zero-order chi connectivity index (χ0) is 21.7. The van der Waals surface area contributed by atoms with E-state index in [0.29, 0.717) is 13.2 Å². The molecule has 0 bridgehead atoms. The highest BCUT2D eigenvalue weighted by Gasteiger charge is 2.40. The third kappa shape index (κ3) is 5.57. The van der Waals surface area contributed by atoms with Gasteiger partial charge < -0.3 is 10.1 Å². The molecule has 4 rings (SSSR count). The van der Waals surface area contributed by atoms with Gasteiger partial charge in [-0.25, -0.2) is 0 Å². The highest BCUT2D eigenvalue weighted by molar-refractivity contribution is 5.83. The number of ether oxygens (including phenoxy) is 1. The number of hydrogen-bond donors (Lipinski definition) is 1. The summed E-state index contributed by atoms with van der Waals surface area (Å²) in [5.74, 6) is 1.03. The Morgan fingerprint density at radius 3 is 2.42 bits per heavy atom. The van der Waals surface area contributed by atoms with Crippen LogP contribution < -0.4 is 5.32 Å². The molecule has 1 amide bonds. The highest BCUT2D eigenvalue weighted by Crippen LogP contribution is 2.36. The van der Waals surface area contributed by atoms with Crippen LogP contribution in [-0.4, -0.2) is 25.7 Å². The van der Waals surface area contributed by atoms with Crippen LogP contribution in [0.1, 0.15) is 61.6 Å². The van der Waals surface area contributed by atoms with Gasteiger partial charge in [-0.15, -0.1) is 0 Å². The van der Waals surface area contributed by atoms with Crippen molar-refractivity contribution in [1.82, 2.24) is 5.32 Å². The lowest BCUT2D eigenvalue weighted by atomic mass is 9.74. The van der Waals surface area contributed by atoms with Crippen molar-refractivity contribution in [2.24, 2.45) is 11.3 Å².